The molecule has 0 aromatic heterocycles. The van der Waals surface area contributed by atoms with E-state index >= 15 is 0 Å². The van der Waals surface area contributed by atoms with E-state index in [0.29, 0.717) is 13.1 Å². The summed E-state index contributed by atoms with van der Waals surface area (Å²) in [6, 6.07) is 20.0. The number of carbonyl (C=O) groups is 4. The van der Waals surface area contributed by atoms with Crippen LogP contribution in [-0.4, -0.2) is 90.0 Å². The van der Waals surface area contributed by atoms with Gasteiger partial charge < -0.3 is 0 Å². The van der Waals surface area contributed by atoms with Crippen LogP contribution in [0.3, 0.4) is 0 Å². The van der Waals surface area contributed by atoms with Crippen molar-refractivity contribution in [3.8, 4) is 0 Å². The lowest BCUT2D eigenvalue weighted by Crippen LogP contribution is -2.74. The lowest BCUT2D eigenvalue weighted by atomic mass is 10.0. The normalized spacial score (nSPS) is 28.1. The van der Waals surface area contributed by atoms with Crippen LogP contribution in [-0.2, 0) is 32.3 Å². The van der Waals surface area contributed by atoms with Crippen molar-refractivity contribution in [2.75, 3.05) is 0 Å². The van der Waals surface area contributed by atoms with Gasteiger partial charge in [0, 0.05) is 38.8 Å². The van der Waals surface area contributed by atoms with E-state index in [1.165, 1.54) is 0 Å². The molecule has 7 rings (SSSR count). The van der Waals surface area contributed by atoms with Gasteiger partial charge in [0.1, 0.15) is 37.0 Å². The molecule has 2 aromatic carbocycles. The minimum Gasteiger partial charge on any atom is -0.299 e. The van der Waals surface area contributed by atoms with E-state index in [4.69, 9.17) is 0 Å². The van der Waals surface area contributed by atoms with Crippen LogP contribution in [0.2, 0.25) is 0 Å². The molecule has 6 bridgehead atoms. The van der Waals surface area contributed by atoms with Crippen molar-refractivity contribution < 1.29 is 19.2 Å². The summed E-state index contributed by atoms with van der Waals surface area (Å²) in [5.74, 6) is -0.397. The molecule has 2 aromatic rings. The first kappa shape index (κ1) is 28.4. The zero-order valence-electron chi connectivity index (χ0n) is 24.8. The van der Waals surface area contributed by atoms with Gasteiger partial charge in [0.2, 0.25) is 23.6 Å². The fraction of sp³-hybridized carbons (Fsp3) is 0.500. The zero-order valence-corrected chi connectivity index (χ0v) is 24.8. The van der Waals surface area contributed by atoms with Gasteiger partial charge in [-0.25, -0.2) is 0 Å². The molecule has 5 saturated heterocycles. The van der Waals surface area contributed by atoms with Crippen molar-refractivity contribution in [1.82, 2.24) is 29.4 Å². The number of hydrogen-bond donors (Lipinski definition) is 0. The molecular formula is C32H40N6O4. The van der Waals surface area contributed by atoms with Crippen LogP contribution in [0.5, 0.6) is 0 Å². The third-order valence-electron chi connectivity index (χ3n) is 9.22. The molecule has 4 atom stereocenters. The fourth-order valence-electron chi connectivity index (χ4n) is 7.55. The van der Waals surface area contributed by atoms with Gasteiger partial charge in [-0.2, -0.15) is 0 Å². The van der Waals surface area contributed by atoms with Gasteiger partial charge in [0.25, 0.3) is 0 Å². The Morgan fingerprint density at radius 1 is 0.452 bits per heavy atom. The molecule has 5 fully saturated rings. The van der Waals surface area contributed by atoms with E-state index in [0.717, 1.165) is 11.1 Å². The topological polar surface area (TPSA) is 87.7 Å². The molecule has 0 radical (unpaired) electrons. The van der Waals surface area contributed by atoms with Crippen molar-refractivity contribution in [2.24, 2.45) is 0 Å². The van der Waals surface area contributed by atoms with Gasteiger partial charge >= 0.3 is 0 Å². The highest BCUT2D eigenvalue weighted by Gasteiger charge is 2.74. The standard InChI is InChI=1S/C32H40N6O4/c1-5-23(39)35-27-28-34(20-22-17-13-10-14-18-22)30-29(33(27)19-21-15-11-9-12-16-21)37(25(41)7-3)32(38(30)26(42)8-4)31(35)36(28)24(40)6-2/h9-18,27-32H,5-8,19-20H2,1-4H3/t27-,28-,29+,30+,31?,32?. The number of piperazine rings is 1. The molecule has 10 heteroatoms. The Morgan fingerprint density at radius 2 is 0.714 bits per heavy atom. The monoisotopic (exact) mass is 572 g/mol. The van der Waals surface area contributed by atoms with Gasteiger partial charge in [-0.1, -0.05) is 88.4 Å². The van der Waals surface area contributed by atoms with E-state index in [2.05, 4.69) is 9.80 Å². The van der Waals surface area contributed by atoms with Crippen molar-refractivity contribution >= 4 is 23.6 Å². The van der Waals surface area contributed by atoms with E-state index in [-0.39, 0.29) is 49.3 Å². The summed E-state index contributed by atoms with van der Waals surface area (Å²) in [5, 5.41) is 0. The van der Waals surface area contributed by atoms with Crippen molar-refractivity contribution in [1.29, 1.82) is 0 Å². The number of hydrogen-bond acceptors (Lipinski definition) is 6. The first-order chi connectivity index (χ1) is 20.4. The molecule has 5 aliphatic rings. The van der Waals surface area contributed by atoms with Gasteiger partial charge in [0.15, 0.2) is 0 Å². The van der Waals surface area contributed by atoms with Crippen molar-refractivity contribution in [3.63, 3.8) is 0 Å². The Hall–Kier alpha value is -3.76. The predicted octanol–water partition coefficient (Wildman–Crippen LogP) is 2.96. The number of benzene rings is 2. The molecule has 0 spiro atoms. The second kappa shape index (κ2) is 11.1. The Labute approximate surface area is 247 Å². The molecule has 0 aliphatic carbocycles. The molecule has 5 aliphatic heterocycles. The predicted molar refractivity (Wildman–Crippen MR) is 155 cm³/mol. The number of nitrogens with zero attached hydrogens (tertiary/aromatic N) is 6. The first-order valence-electron chi connectivity index (χ1n) is 15.2. The Morgan fingerprint density at radius 3 is 0.952 bits per heavy atom. The van der Waals surface area contributed by atoms with Gasteiger partial charge in [-0.05, 0) is 11.1 Å². The number of carbonyl (C=O) groups excluding carboxylic acids is 4. The molecule has 222 valence electrons. The second-order valence-corrected chi connectivity index (χ2v) is 11.4. The summed E-state index contributed by atoms with van der Waals surface area (Å²) >= 11 is 0. The molecular weight excluding hydrogens is 532 g/mol. The summed E-state index contributed by atoms with van der Waals surface area (Å²) < 4.78 is 0. The number of rotatable bonds is 8. The fourth-order valence-corrected chi connectivity index (χ4v) is 7.55. The lowest BCUT2D eigenvalue weighted by Gasteiger charge is -2.55. The van der Waals surface area contributed by atoms with Gasteiger partial charge in [-0.15, -0.1) is 0 Å². The Bertz CT molecular complexity index is 1190. The van der Waals surface area contributed by atoms with Crippen LogP contribution in [0, 0.1) is 0 Å². The third-order valence-corrected chi connectivity index (χ3v) is 9.22. The summed E-state index contributed by atoms with van der Waals surface area (Å²) in [6.07, 6.45) is -2.52. The van der Waals surface area contributed by atoms with E-state index < -0.39 is 37.0 Å². The molecule has 10 nitrogen and oxygen atoms in total. The highest BCUT2D eigenvalue weighted by atomic mass is 16.2. The molecule has 5 heterocycles. The Kier molecular flexibility index (Phi) is 7.53. The minimum absolute atomic E-state index is 0.0991. The maximum absolute atomic E-state index is 14.0. The minimum atomic E-state index is -0.778. The van der Waals surface area contributed by atoms with Crippen LogP contribution < -0.4 is 0 Å². The van der Waals surface area contributed by atoms with E-state index in [9.17, 15) is 19.2 Å². The maximum atomic E-state index is 14.0. The highest BCUT2D eigenvalue weighted by molar-refractivity contribution is 5.85. The zero-order chi connectivity index (χ0) is 29.7. The molecule has 0 unspecified atom stereocenters. The second-order valence-electron chi connectivity index (χ2n) is 11.4. The summed E-state index contributed by atoms with van der Waals surface area (Å²) in [6.45, 7) is 8.24. The Balaban J connectivity index is 1.64. The first-order valence-corrected chi connectivity index (χ1v) is 15.2. The quantitative estimate of drug-likeness (QED) is 0.484. The summed E-state index contributed by atoms with van der Waals surface area (Å²) in [4.78, 5) is 67.6. The van der Waals surface area contributed by atoms with Crippen molar-refractivity contribution in [2.45, 2.75) is 103 Å². The summed E-state index contributed by atoms with van der Waals surface area (Å²) in [7, 11) is 0. The molecule has 42 heavy (non-hydrogen) atoms. The largest absolute Gasteiger partial charge is 0.299 e. The van der Waals surface area contributed by atoms with Crippen LogP contribution in [0.25, 0.3) is 0 Å². The average molecular weight is 573 g/mol. The van der Waals surface area contributed by atoms with Crippen LogP contribution in [0.4, 0.5) is 0 Å². The highest BCUT2D eigenvalue weighted by Crippen LogP contribution is 2.53. The van der Waals surface area contributed by atoms with E-state index in [1.807, 2.05) is 108 Å². The molecule has 4 amide bonds. The van der Waals surface area contributed by atoms with E-state index in [1.54, 1.807) is 0 Å². The SMILES string of the molecule is CCC(=O)N1C2C3N(C(=O)CC)[C@@H]4[C@@H](N3C(=O)CC)N(Cc3ccccc3)[C@H]([C@H]1N4Cc1ccccc1)N2C(=O)CC. The molecule has 0 saturated carbocycles. The smallest absolute Gasteiger partial charge is 0.225 e. The third kappa shape index (κ3) is 4.14. The summed E-state index contributed by atoms with van der Waals surface area (Å²) in [5.41, 5.74) is 2.07. The number of amides is 4. The molecule has 0 N–H and O–H groups in total. The lowest BCUT2D eigenvalue weighted by molar-refractivity contribution is -0.180. The van der Waals surface area contributed by atoms with Crippen LogP contribution in [0.15, 0.2) is 60.7 Å². The van der Waals surface area contributed by atoms with Crippen molar-refractivity contribution in [3.05, 3.63) is 71.8 Å². The average Bonchev–Trinajstić information content (AvgIpc) is 3.51. The van der Waals surface area contributed by atoms with Crippen LogP contribution >= 0.6 is 0 Å². The van der Waals surface area contributed by atoms with Crippen LogP contribution in [0.1, 0.15) is 64.5 Å². The van der Waals surface area contributed by atoms with Gasteiger partial charge in [-0.3, -0.25) is 48.6 Å². The maximum Gasteiger partial charge on any atom is 0.225 e. The van der Waals surface area contributed by atoms with Gasteiger partial charge in [0.05, 0.1) is 0 Å².